The number of aliphatic imine (C=N–C) groups is 1. The summed E-state index contributed by atoms with van der Waals surface area (Å²) in [5.41, 5.74) is 2.20. The van der Waals surface area contributed by atoms with E-state index in [9.17, 15) is 4.39 Å². The molecule has 23 heavy (non-hydrogen) atoms. The average molecular weight is 315 g/mol. The van der Waals surface area contributed by atoms with E-state index in [2.05, 4.69) is 15.6 Å². The van der Waals surface area contributed by atoms with Gasteiger partial charge in [0, 0.05) is 20.1 Å². The second-order valence-electron chi connectivity index (χ2n) is 5.08. The minimum Gasteiger partial charge on any atom is -0.497 e. The zero-order valence-electron chi connectivity index (χ0n) is 13.5. The molecule has 0 bridgehead atoms. The predicted molar refractivity (Wildman–Crippen MR) is 91.3 cm³/mol. The van der Waals surface area contributed by atoms with E-state index in [-0.39, 0.29) is 5.82 Å². The molecule has 2 N–H and O–H groups in total. The molecule has 5 heteroatoms. The maximum Gasteiger partial charge on any atom is 0.191 e. The second kappa shape index (κ2) is 8.78. The van der Waals surface area contributed by atoms with Crippen molar-refractivity contribution in [1.29, 1.82) is 0 Å². The average Bonchev–Trinajstić information content (AvgIpc) is 2.59. The van der Waals surface area contributed by atoms with Crippen molar-refractivity contribution in [3.8, 4) is 5.75 Å². The van der Waals surface area contributed by atoms with Crippen LogP contribution in [0.25, 0.3) is 0 Å². The maximum atomic E-state index is 12.9. The summed E-state index contributed by atoms with van der Waals surface area (Å²) in [6.45, 7) is 1.39. The molecule has 0 radical (unpaired) electrons. The standard InChI is InChI=1S/C18H22FN3O/c1-20-18(21-11-10-14-6-8-16(19)9-7-14)22-13-15-4-3-5-17(12-15)23-2/h3-9,12H,10-11,13H2,1-2H3,(H2,20,21,22). The Kier molecular flexibility index (Phi) is 6.41. The van der Waals surface area contributed by atoms with Crippen LogP contribution < -0.4 is 15.4 Å². The highest BCUT2D eigenvalue weighted by atomic mass is 19.1. The number of nitrogens with one attached hydrogen (secondary N) is 2. The van der Waals surface area contributed by atoms with E-state index in [1.54, 1.807) is 26.3 Å². The van der Waals surface area contributed by atoms with E-state index in [0.717, 1.165) is 35.8 Å². The third-order valence-electron chi connectivity index (χ3n) is 3.44. The quantitative estimate of drug-likeness (QED) is 0.636. The summed E-state index contributed by atoms with van der Waals surface area (Å²) in [6.07, 6.45) is 0.806. The Hall–Kier alpha value is -2.56. The first-order valence-corrected chi connectivity index (χ1v) is 7.53. The molecule has 2 rings (SSSR count). The SMILES string of the molecule is CN=C(NCCc1ccc(F)cc1)NCc1cccc(OC)c1. The van der Waals surface area contributed by atoms with Gasteiger partial charge in [-0.15, -0.1) is 0 Å². The van der Waals surface area contributed by atoms with Crippen LogP contribution in [0, 0.1) is 5.82 Å². The van der Waals surface area contributed by atoms with Gasteiger partial charge in [-0.1, -0.05) is 24.3 Å². The first kappa shape index (κ1) is 16.8. The van der Waals surface area contributed by atoms with Crippen LogP contribution in [-0.4, -0.2) is 26.7 Å². The number of hydrogen-bond acceptors (Lipinski definition) is 2. The van der Waals surface area contributed by atoms with Crippen LogP contribution in [0.2, 0.25) is 0 Å². The van der Waals surface area contributed by atoms with Crippen molar-refractivity contribution in [3.63, 3.8) is 0 Å². The number of rotatable bonds is 6. The summed E-state index contributed by atoms with van der Waals surface area (Å²) in [7, 11) is 3.39. The monoisotopic (exact) mass is 315 g/mol. The van der Waals surface area contributed by atoms with Crippen LogP contribution in [0.15, 0.2) is 53.5 Å². The van der Waals surface area contributed by atoms with Gasteiger partial charge in [-0.25, -0.2) is 4.39 Å². The van der Waals surface area contributed by atoms with Crippen LogP contribution in [-0.2, 0) is 13.0 Å². The van der Waals surface area contributed by atoms with Crippen molar-refractivity contribution in [1.82, 2.24) is 10.6 Å². The topological polar surface area (TPSA) is 45.7 Å². The van der Waals surface area contributed by atoms with Crippen molar-refractivity contribution in [2.45, 2.75) is 13.0 Å². The Morgan fingerprint density at radius 2 is 1.87 bits per heavy atom. The van der Waals surface area contributed by atoms with Crippen LogP contribution in [0.4, 0.5) is 4.39 Å². The molecule has 0 amide bonds. The van der Waals surface area contributed by atoms with Crippen molar-refractivity contribution >= 4 is 5.96 Å². The van der Waals surface area contributed by atoms with Crippen LogP contribution >= 0.6 is 0 Å². The van der Waals surface area contributed by atoms with Gasteiger partial charge < -0.3 is 15.4 Å². The van der Waals surface area contributed by atoms with Gasteiger partial charge in [0.2, 0.25) is 0 Å². The third kappa shape index (κ3) is 5.62. The van der Waals surface area contributed by atoms with Crippen LogP contribution in [0.5, 0.6) is 5.75 Å². The lowest BCUT2D eigenvalue weighted by atomic mass is 10.1. The number of nitrogens with zero attached hydrogens (tertiary/aromatic N) is 1. The molecule has 2 aromatic carbocycles. The fourth-order valence-corrected chi connectivity index (χ4v) is 2.17. The number of hydrogen-bond donors (Lipinski definition) is 2. The Morgan fingerprint density at radius 1 is 1.09 bits per heavy atom. The highest BCUT2D eigenvalue weighted by Gasteiger charge is 2.00. The Morgan fingerprint density at radius 3 is 2.57 bits per heavy atom. The van der Waals surface area contributed by atoms with E-state index in [0.29, 0.717) is 6.54 Å². The van der Waals surface area contributed by atoms with Gasteiger partial charge in [0.1, 0.15) is 11.6 Å². The van der Waals surface area contributed by atoms with Gasteiger partial charge in [0.05, 0.1) is 7.11 Å². The number of benzene rings is 2. The first-order chi connectivity index (χ1) is 11.2. The van der Waals surface area contributed by atoms with Crippen molar-refractivity contribution < 1.29 is 9.13 Å². The summed E-state index contributed by atoms with van der Waals surface area (Å²) in [5, 5.41) is 6.50. The molecule has 0 aliphatic heterocycles. The summed E-state index contributed by atoms with van der Waals surface area (Å²) in [5.74, 6) is 1.36. The van der Waals surface area contributed by atoms with E-state index in [4.69, 9.17) is 4.74 Å². The number of guanidine groups is 1. The molecular formula is C18H22FN3O. The first-order valence-electron chi connectivity index (χ1n) is 7.53. The molecular weight excluding hydrogens is 293 g/mol. The van der Waals surface area contributed by atoms with E-state index < -0.39 is 0 Å². The number of ether oxygens (including phenoxy) is 1. The highest BCUT2D eigenvalue weighted by Crippen LogP contribution is 2.12. The van der Waals surface area contributed by atoms with Crippen molar-refractivity contribution in [2.75, 3.05) is 20.7 Å². The van der Waals surface area contributed by atoms with Gasteiger partial charge >= 0.3 is 0 Å². The van der Waals surface area contributed by atoms with Crippen molar-refractivity contribution in [3.05, 3.63) is 65.5 Å². The lowest BCUT2D eigenvalue weighted by Crippen LogP contribution is -2.37. The van der Waals surface area contributed by atoms with Gasteiger partial charge in [0.25, 0.3) is 0 Å². The van der Waals surface area contributed by atoms with Gasteiger partial charge in [0.15, 0.2) is 5.96 Å². The molecule has 4 nitrogen and oxygen atoms in total. The molecule has 0 heterocycles. The van der Waals surface area contributed by atoms with Crippen LogP contribution in [0.3, 0.4) is 0 Å². The fourth-order valence-electron chi connectivity index (χ4n) is 2.17. The molecule has 2 aromatic rings. The highest BCUT2D eigenvalue weighted by molar-refractivity contribution is 5.79. The summed E-state index contributed by atoms with van der Waals surface area (Å²) in [4.78, 5) is 4.19. The van der Waals surface area contributed by atoms with Crippen LogP contribution in [0.1, 0.15) is 11.1 Å². The molecule has 0 fully saturated rings. The van der Waals surface area contributed by atoms with E-state index >= 15 is 0 Å². The minimum absolute atomic E-state index is 0.211. The smallest absolute Gasteiger partial charge is 0.191 e. The van der Waals surface area contributed by atoms with Gasteiger partial charge in [-0.05, 0) is 41.8 Å². The molecule has 0 saturated heterocycles. The molecule has 0 aliphatic rings. The number of halogens is 1. The number of methoxy groups -OCH3 is 1. The Labute approximate surface area is 136 Å². The largest absolute Gasteiger partial charge is 0.497 e. The van der Waals surface area contributed by atoms with E-state index in [1.165, 1.54) is 12.1 Å². The van der Waals surface area contributed by atoms with Gasteiger partial charge in [-0.2, -0.15) is 0 Å². The summed E-state index contributed by atoms with van der Waals surface area (Å²) >= 11 is 0. The lowest BCUT2D eigenvalue weighted by molar-refractivity contribution is 0.414. The van der Waals surface area contributed by atoms with Gasteiger partial charge in [-0.3, -0.25) is 4.99 Å². The molecule has 0 unspecified atom stereocenters. The fraction of sp³-hybridized carbons (Fsp3) is 0.278. The molecule has 0 aliphatic carbocycles. The molecule has 0 atom stereocenters. The second-order valence-corrected chi connectivity index (χ2v) is 5.08. The normalized spacial score (nSPS) is 11.2. The lowest BCUT2D eigenvalue weighted by Gasteiger charge is -2.12. The predicted octanol–water partition coefficient (Wildman–Crippen LogP) is 2.74. The Balaban J connectivity index is 1.78. The zero-order valence-corrected chi connectivity index (χ0v) is 13.5. The third-order valence-corrected chi connectivity index (χ3v) is 3.44. The van der Waals surface area contributed by atoms with Crippen molar-refractivity contribution in [2.24, 2.45) is 4.99 Å². The summed E-state index contributed by atoms with van der Waals surface area (Å²) in [6, 6.07) is 14.4. The minimum atomic E-state index is -0.211. The van der Waals surface area contributed by atoms with E-state index in [1.807, 2.05) is 24.3 Å². The zero-order chi connectivity index (χ0) is 16.5. The molecule has 122 valence electrons. The molecule has 0 aromatic heterocycles. The Bertz CT molecular complexity index is 641. The maximum absolute atomic E-state index is 12.9. The molecule has 0 saturated carbocycles. The summed E-state index contributed by atoms with van der Waals surface area (Å²) < 4.78 is 18.1. The molecule has 0 spiro atoms.